The van der Waals surface area contributed by atoms with Crippen LogP contribution in [0.3, 0.4) is 0 Å². The first-order valence-electron chi connectivity index (χ1n) is 4.14. The summed E-state index contributed by atoms with van der Waals surface area (Å²) in [6.45, 7) is 0.744. The van der Waals surface area contributed by atoms with Gasteiger partial charge in [0.25, 0.3) is 0 Å². The fourth-order valence-electron chi connectivity index (χ4n) is 0.872. The van der Waals surface area contributed by atoms with Gasteiger partial charge in [-0.05, 0) is 0 Å². The molecule has 1 amide bonds. The molecule has 0 aliphatic heterocycles. The molecular weight excluding hydrogens is 186 g/mol. The van der Waals surface area contributed by atoms with E-state index < -0.39 is 0 Å². The normalized spacial score (nSPS) is 10.1. The van der Waals surface area contributed by atoms with Crippen LogP contribution in [-0.4, -0.2) is 35.8 Å². The summed E-state index contributed by atoms with van der Waals surface area (Å²) in [6.07, 6.45) is 3.23. The summed E-state index contributed by atoms with van der Waals surface area (Å²) in [5, 5.41) is 0. The molecule has 0 bridgehead atoms. The molecule has 1 rings (SSSR count). The van der Waals surface area contributed by atoms with Crippen LogP contribution < -0.4 is 5.48 Å². The highest BCUT2D eigenvalue weighted by molar-refractivity contribution is 5.89. The van der Waals surface area contributed by atoms with E-state index in [1.165, 1.54) is 0 Å². The van der Waals surface area contributed by atoms with Crippen LogP contribution in [0.2, 0.25) is 0 Å². The fraction of sp³-hybridized carbons (Fsp3) is 0.500. The standard InChI is InChI=1S/C8H13N3O3/c1-11-4-3-9-7(11)8(12)10-14-6-5-13-2/h3-4H,5-6H2,1-2H3,(H,10,12). The summed E-state index contributed by atoms with van der Waals surface area (Å²) in [5.74, 6) is -0.0592. The number of carbonyl (C=O) groups is 1. The van der Waals surface area contributed by atoms with Gasteiger partial charge in [-0.15, -0.1) is 0 Å². The molecule has 6 heteroatoms. The van der Waals surface area contributed by atoms with Gasteiger partial charge in [0.15, 0.2) is 0 Å². The number of hydrogen-bond donors (Lipinski definition) is 1. The molecule has 1 aromatic heterocycles. The lowest BCUT2D eigenvalue weighted by Gasteiger charge is -2.04. The third kappa shape index (κ3) is 2.82. The summed E-state index contributed by atoms with van der Waals surface area (Å²) in [5.41, 5.74) is 2.26. The predicted octanol–water partition coefficient (Wildman–Crippen LogP) is -0.272. The highest BCUT2D eigenvalue weighted by atomic mass is 16.7. The van der Waals surface area contributed by atoms with Crippen LogP contribution in [0.15, 0.2) is 12.4 Å². The topological polar surface area (TPSA) is 65.4 Å². The zero-order valence-corrected chi connectivity index (χ0v) is 8.19. The molecule has 0 aliphatic rings. The molecule has 0 saturated heterocycles. The molecule has 14 heavy (non-hydrogen) atoms. The smallest absolute Gasteiger partial charge is 0.310 e. The Kier molecular flexibility index (Phi) is 4.09. The van der Waals surface area contributed by atoms with Crippen molar-refractivity contribution >= 4 is 5.91 Å². The molecule has 0 atom stereocenters. The predicted molar refractivity (Wildman–Crippen MR) is 48.5 cm³/mol. The molecule has 6 nitrogen and oxygen atoms in total. The van der Waals surface area contributed by atoms with Crippen molar-refractivity contribution in [1.82, 2.24) is 15.0 Å². The van der Waals surface area contributed by atoms with Crippen molar-refractivity contribution in [1.29, 1.82) is 0 Å². The first kappa shape index (κ1) is 10.7. The van der Waals surface area contributed by atoms with E-state index in [-0.39, 0.29) is 5.91 Å². The van der Waals surface area contributed by atoms with Crippen molar-refractivity contribution in [3.05, 3.63) is 18.2 Å². The van der Waals surface area contributed by atoms with E-state index in [1.54, 1.807) is 31.1 Å². The Labute approximate surface area is 81.8 Å². The number of hydroxylamine groups is 1. The van der Waals surface area contributed by atoms with Crippen molar-refractivity contribution in [2.75, 3.05) is 20.3 Å². The molecule has 0 spiro atoms. The van der Waals surface area contributed by atoms with E-state index in [1.807, 2.05) is 0 Å². The fourth-order valence-corrected chi connectivity index (χ4v) is 0.872. The SMILES string of the molecule is COCCONC(=O)c1nccn1C. The van der Waals surface area contributed by atoms with Gasteiger partial charge in [0.1, 0.15) is 0 Å². The zero-order chi connectivity index (χ0) is 10.4. The highest BCUT2D eigenvalue weighted by Gasteiger charge is 2.09. The summed E-state index contributed by atoms with van der Waals surface area (Å²) in [6, 6.07) is 0. The number of nitrogens with zero attached hydrogens (tertiary/aromatic N) is 2. The van der Waals surface area contributed by atoms with Crippen LogP contribution in [0.25, 0.3) is 0 Å². The number of ether oxygens (including phenoxy) is 1. The Morgan fingerprint density at radius 3 is 3.00 bits per heavy atom. The average Bonchev–Trinajstić information content (AvgIpc) is 2.59. The molecule has 0 radical (unpaired) electrons. The highest BCUT2D eigenvalue weighted by Crippen LogP contribution is 1.93. The van der Waals surface area contributed by atoms with Crippen LogP contribution >= 0.6 is 0 Å². The van der Waals surface area contributed by atoms with Gasteiger partial charge >= 0.3 is 5.91 Å². The number of imidazole rings is 1. The van der Waals surface area contributed by atoms with Gasteiger partial charge in [0.05, 0.1) is 13.2 Å². The summed E-state index contributed by atoms with van der Waals surface area (Å²) in [4.78, 5) is 20.0. The third-order valence-corrected chi connectivity index (χ3v) is 1.58. The zero-order valence-electron chi connectivity index (χ0n) is 8.19. The summed E-state index contributed by atoms with van der Waals surface area (Å²) < 4.78 is 6.35. The number of methoxy groups -OCH3 is 1. The lowest BCUT2D eigenvalue weighted by atomic mass is 10.6. The minimum atomic E-state index is -0.367. The van der Waals surface area contributed by atoms with Crippen LogP contribution in [0.5, 0.6) is 0 Å². The number of hydrogen-bond acceptors (Lipinski definition) is 4. The van der Waals surface area contributed by atoms with Crippen LogP contribution in [0, 0.1) is 0 Å². The van der Waals surface area contributed by atoms with E-state index >= 15 is 0 Å². The molecule has 1 heterocycles. The van der Waals surface area contributed by atoms with Gasteiger partial charge < -0.3 is 9.30 Å². The van der Waals surface area contributed by atoms with Gasteiger partial charge in [0.2, 0.25) is 5.82 Å². The van der Waals surface area contributed by atoms with Crippen LogP contribution in [0.1, 0.15) is 10.6 Å². The maximum atomic E-state index is 11.3. The Bertz CT molecular complexity index is 298. The number of carbonyl (C=O) groups excluding carboxylic acids is 1. The van der Waals surface area contributed by atoms with Crippen molar-refractivity contribution in [2.24, 2.45) is 7.05 Å². The molecule has 0 fully saturated rings. The number of aryl methyl sites for hydroxylation is 1. The van der Waals surface area contributed by atoms with Gasteiger partial charge in [-0.1, -0.05) is 0 Å². The Morgan fingerprint density at radius 1 is 1.64 bits per heavy atom. The molecule has 1 aromatic rings. The van der Waals surface area contributed by atoms with Crippen molar-refractivity contribution in [2.45, 2.75) is 0 Å². The number of aromatic nitrogens is 2. The molecule has 78 valence electrons. The monoisotopic (exact) mass is 199 g/mol. The number of nitrogens with one attached hydrogen (secondary N) is 1. The molecule has 1 N–H and O–H groups in total. The Hall–Kier alpha value is -1.40. The van der Waals surface area contributed by atoms with Gasteiger partial charge in [-0.2, -0.15) is 0 Å². The quantitative estimate of drug-likeness (QED) is 0.523. The first-order valence-corrected chi connectivity index (χ1v) is 4.14. The van der Waals surface area contributed by atoms with Gasteiger partial charge in [0, 0.05) is 26.6 Å². The summed E-state index contributed by atoms with van der Waals surface area (Å²) in [7, 11) is 3.29. The molecule has 0 aliphatic carbocycles. The first-order chi connectivity index (χ1) is 6.75. The van der Waals surface area contributed by atoms with Crippen molar-refractivity contribution < 1.29 is 14.4 Å². The van der Waals surface area contributed by atoms with Crippen molar-refractivity contribution in [3.8, 4) is 0 Å². The second-order valence-corrected chi connectivity index (χ2v) is 2.63. The number of rotatable bonds is 5. The van der Waals surface area contributed by atoms with E-state index in [4.69, 9.17) is 9.57 Å². The maximum Gasteiger partial charge on any atom is 0.310 e. The third-order valence-electron chi connectivity index (χ3n) is 1.58. The van der Waals surface area contributed by atoms with Crippen molar-refractivity contribution in [3.63, 3.8) is 0 Å². The average molecular weight is 199 g/mol. The maximum absolute atomic E-state index is 11.3. The van der Waals surface area contributed by atoms with E-state index in [9.17, 15) is 4.79 Å². The second kappa shape index (κ2) is 5.36. The minimum Gasteiger partial charge on any atom is -0.382 e. The Morgan fingerprint density at radius 2 is 2.43 bits per heavy atom. The van der Waals surface area contributed by atoms with E-state index in [0.29, 0.717) is 19.0 Å². The summed E-state index contributed by atoms with van der Waals surface area (Å²) >= 11 is 0. The van der Waals surface area contributed by atoms with E-state index in [2.05, 4.69) is 10.5 Å². The van der Waals surface area contributed by atoms with E-state index in [0.717, 1.165) is 0 Å². The lowest BCUT2D eigenvalue weighted by Crippen LogP contribution is -2.27. The molecule has 0 unspecified atom stereocenters. The van der Waals surface area contributed by atoms with Crippen LogP contribution in [0.4, 0.5) is 0 Å². The Balaban J connectivity index is 2.32. The lowest BCUT2D eigenvalue weighted by molar-refractivity contribution is 0.00806. The van der Waals surface area contributed by atoms with Gasteiger partial charge in [-0.3, -0.25) is 9.63 Å². The largest absolute Gasteiger partial charge is 0.382 e. The second-order valence-electron chi connectivity index (χ2n) is 2.63. The van der Waals surface area contributed by atoms with Crippen LogP contribution in [-0.2, 0) is 16.6 Å². The molecule has 0 aromatic carbocycles. The minimum absolute atomic E-state index is 0.308. The molecular formula is C8H13N3O3. The number of amides is 1. The molecule has 0 saturated carbocycles. The van der Waals surface area contributed by atoms with Gasteiger partial charge in [-0.25, -0.2) is 10.5 Å².